The number of aryl methyl sites for hydroxylation is 1. The molecule has 0 atom stereocenters. The predicted molar refractivity (Wildman–Crippen MR) is 132 cm³/mol. The molecule has 1 amide bonds. The Morgan fingerprint density at radius 1 is 1.20 bits per heavy atom. The van der Waals surface area contributed by atoms with E-state index in [9.17, 15) is 4.79 Å². The summed E-state index contributed by atoms with van der Waals surface area (Å²) in [7, 11) is 0. The number of nitrogens with one attached hydrogen (secondary N) is 3. The van der Waals surface area contributed by atoms with E-state index in [4.69, 9.17) is 9.47 Å². The van der Waals surface area contributed by atoms with Crippen molar-refractivity contribution >= 4 is 35.8 Å². The van der Waals surface area contributed by atoms with Gasteiger partial charge in [-0.1, -0.05) is 12.1 Å². The Balaban J connectivity index is 0.00000450. The maximum absolute atomic E-state index is 11.8. The van der Waals surface area contributed by atoms with E-state index in [1.54, 1.807) is 0 Å². The lowest BCUT2D eigenvalue weighted by Gasteiger charge is -2.14. The number of carbonyl (C=O) groups is 1. The summed E-state index contributed by atoms with van der Waals surface area (Å²) in [4.78, 5) is 16.4. The number of guanidine groups is 1. The van der Waals surface area contributed by atoms with Crippen LogP contribution in [-0.2, 0) is 16.1 Å². The number of halogens is 1. The number of ether oxygens (including phenoxy) is 2. The van der Waals surface area contributed by atoms with Crippen molar-refractivity contribution < 1.29 is 14.3 Å². The molecule has 0 heterocycles. The van der Waals surface area contributed by atoms with Gasteiger partial charge in [0.05, 0.1) is 13.2 Å². The van der Waals surface area contributed by atoms with Crippen LogP contribution in [0.4, 0.5) is 0 Å². The molecule has 7 nitrogen and oxygen atoms in total. The summed E-state index contributed by atoms with van der Waals surface area (Å²) in [5, 5.41) is 9.57. The van der Waals surface area contributed by atoms with Crippen molar-refractivity contribution in [3.05, 3.63) is 29.3 Å². The number of amides is 1. The second-order valence-electron chi connectivity index (χ2n) is 7.22. The fourth-order valence-electron chi connectivity index (χ4n) is 2.77. The number of hydrogen-bond acceptors (Lipinski definition) is 4. The molecule has 0 saturated heterocycles. The van der Waals surface area contributed by atoms with Crippen LogP contribution in [0.2, 0.25) is 0 Å². The van der Waals surface area contributed by atoms with Crippen molar-refractivity contribution in [2.45, 2.75) is 59.0 Å². The highest BCUT2D eigenvalue weighted by atomic mass is 127. The first-order valence-corrected chi connectivity index (χ1v) is 10.7. The van der Waals surface area contributed by atoms with E-state index in [-0.39, 0.29) is 29.9 Å². The summed E-state index contributed by atoms with van der Waals surface area (Å²) in [6.45, 7) is 9.84. The molecule has 0 unspecified atom stereocenters. The molecule has 2 rings (SSSR count). The maximum atomic E-state index is 11.8. The average Bonchev–Trinajstić information content (AvgIpc) is 3.51. The van der Waals surface area contributed by atoms with Gasteiger partial charge in [0.25, 0.3) is 0 Å². The summed E-state index contributed by atoms with van der Waals surface area (Å²) >= 11 is 0. The minimum absolute atomic E-state index is 0. The molecule has 30 heavy (non-hydrogen) atoms. The first-order chi connectivity index (χ1) is 14.1. The van der Waals surface area contributed by atoms with E-state index in [0.717, 1.165) is 48.6 Å². The monoisotopic (exact) mass is 532 g/mol. The lowest BCUT2D eigenvalue weighted by atomic mass is 10.1. The molecular formula is C22H37IN4O3. The number of aliphatic imine (C=N–C) groups is 1. The molecule has 0 bridgehead atoms. The van der Waals surface area contributed by atoms with Crippen LogP contribution in [0.15, 0.2) is 23.2 Å². The molecule has 3 N–H and O–H groups in total. The summed E-state index contributed by atoms with van der Waals surface area (Å²) in [6.07, 6.45) is 3.56. The van der Waals surface area contributed by atoms with Gasteiger partial charge in [0.1, 0.15) is 12.4 Å². The molecule has 8 heteroatoms. The highest BCUT2D eigenvalue weighted by Gasteiger charge is 2.22. The Hall–Kier alpha value is -1.55. The van der Waals surface area contributed by atoms with Gasteiger partial charge < -0.3 is 25.4 Å². The molecule has 0 spiro atoms. The minimum Gasteiger partial charge on any atom is -0.491 e. The number of nitrogens with zero attached hydrogens (tertiary/aromatic N) is 1. The third-order valence-electron chi connectivity index (χ3n) is 4.48. The van der Waals surface area contributed by atoms with Crippen LogP contribution in [-0.4, -0.2) is 50.8 Å². The quantitative estimate of drug-likeness (QED) is 0.157. The molecule has 1 fully saturated rings. The van der Waals surface area contributed by atoms with Crippen LogP contribution in [0.25, 0.3) is 0 Å². The molecule has 1 aromatic carbocycles. The van der Waals surface area contributed by atoms with Crippen molar-refractivity contribution in [3.8, 4) is 5.75 Å². The van der Waals surface area contributed by atoms with Gasteiger partial charge in [0.15, 0.2) is 5.96 Å². The SMILES string of the molecule is CCNC(=NCc1ccc(C)cc1OCCOCC)NCCCC(=O)NC1CC1.I. The number of carbonyl (C=O) groups excluding carboxylic acids is 1. The third kappa shape index (κ3) is 11.0. The van der Waals surface area contributed by atoms with Crippen molar-refractivity contribution in [1.29, 1.82) is 0 Å². The second-order valence-corrected chi connectivity index (χ2v) is 7.22. The topological polar surface area (TPSA) is 84.0 Å². The molecule has 1 aliphatic carbocycles. The lowest BCUT2D eigenvalue weighted by molar-refractivity contribution is -0.121. The average molecular weight is 532 g/mol. The Morgan fingerprint density at radius 3 is 2.70 bits per heavy atom. The number of hydrogen-bond donors (Lipinski definition) is 3. The first kappa shape index (κ1) is 26.5. The van der Waals surface area contributed by atoms with E-state index >= 15 is 0 Å². The van der Waals surface area contributed by atoms with E-state index < -0.39 is 0 Å². The van der Waals surface area contributed by atoms with E-state index in [1.165, 1.54) is 0 Å². The molecule has 0 aliphatic heterocycles. The van der Waals surface area contributed by atoms with E-state index in [2.05, 4.69) is 33.1 Å². The largest absolute Gasteiger partial charge is 0.491 e. The fourth-order valence-corrected chi connectivity index (χ4v) is 2.77. The maximum Gasteiger partial charge on any atom is 0.220 e. The lowest BCUT2D eigenvalue weighted by Crippen LogP contribution is -2.38. The van der Waals surface area contributed by atoms with Crippen molar-refractivity contribution in [3.63, 3.8) is 0 Å². The van der Waals surface area contributed by atoms with E-state index in [0.29, 0.717) is 45.4 Å². The highest BCUT2D eigenvalue weighted by Crippen LogP contribution is 2.21. The third-order valence-corrected chi connectivity index (χ3v) is 4.48. The fraction of sp³-hybridized carbons (Fsp3) is 0.636. The molecule has 170 valence electrons. The van der Waals surface area contributed by atoms with Crippen molar-refractivity contribution in [2.75, 3.05) is 32.9 Å². The zero-order valence-corrected chi connectivity index (χ0v) is 20.8. The highest BCUT2D eigenvalue weighted by molar-refractivity contribution is 14.0. The number of benzene rings is 1. The second kappa shape index (κ2) is 15.3. The van der Waals surface area contributed by atoms with Crippen LogP contribution in [0.5, 0.6) is 5.75 Å². The Morgan fingerprint density at radius 2 is 2.00 bits per heavy atom. The summed E-state index contributed by atoms with van der Waals surface area (Å²) in [6, 6.07) is 6.59. The van der Waals surface area contributed by atoms with Gasteiger partial charge in [-0.3, -0.25) is 4.79 Å². The van der Waals surface area contributed by atoms with Crippen LogP contribution < -0.4 is 20.7 Å². The smallest absolute Gasteiger partial charge is 0.220 e. The van der Waals surface area contributed by atoms with Gasteiger partial charge in [0.2, 0.25) is 5.91 Å². The minimum atomic E-state index is 0. The van der Waals surface area contributed by atoms with Crippen LogP contribution in [0, 0.1) is 6.92 Å². The van der Waals surface area contributed by atoms with Gasteiger partial charge in [-0.25, -0.2) is 4.99 Å². The van der Waals surface area contributed by atoms with Gasteiger partial charge >= 0.3 is 0 Å². The van der Waals surface area contributed by atoms with Gasteiger partial charge in [0, 0.05) is 37.7 Å². The zero-order valence-electron chi connectivity index (χ0n) is 18.5. The molecular weight excluding hydrogens is 495 g/mol. The van der Waals surface area contributed by atoms with Crippen LogP contribution >= 0.6 is 24.0 Å². The summed E-state index contributed by atoms with van der Waals surface area (Å²) in [5.41, 5.74) is 2.19. The Labute approximate surface area is 197 Å². The standard InChI is InChI=1S/C22H36N4O3.HI/c1-4-23-22(24-12-6-7-21(27)26-19-10-11-19)25-16-18-9-8-17(3)15-20(18)29-14-13-28-5-2;/h8-9,15,19H,4-7,10-14,16H2,1-3H3,(H,26,27)(H2,23,24,25);1H. The molecule has 0 radical (unpaired) electrons. The van der Waals surface area contributed by atoms with Crippen molar-refractivity contribution in [2.24, 2.45) is 4.99 Å². The molecule has 0 aromatic heterocycles. The molecule has 1 aliphatic rings. The Kier molecular flexibility index (Phi) is 13.5. The molecule has 1 aromatic rings. The molecule has 1 saturated carbocycles. The van der Waals surface area contributed by atoms with Gasteiger partial charge in [-0.05, 0) is 51.7 Å². The van der Waals surface area contributed by atoms with Crippen LogP contribution in [0.1, 0.15) is 50.7 Å². The summed E-state index contributed by atoms with van der Waals surface area (Å²) in [5.74, 6) is 1.74. The normalized spacial score (nSPS) is 13.4. The Bertz CT molecular complexity index is 666. The van der Waals surface area contributed by atoms with Gasteiger partial charge in [-0.2, -0.15) is 0 Å². The van der Waals surface area contributed by atoms with E-state index in [1.807, 2.05) is 26.8 Å². The van der Waals surface area contributed by atoms with Crippen molar-refractivity contribution in [1.82, 2.24) is 16.0 Å². The number of rotatable bonds is 13. The summed E-state index contributed by atoms with van der Waals surface area (Å²) < 4.78 is 11.2. The predicted octanol–water partition coefficient (Wildman–Crippen LogP) is 3.14. The zero-order chi connectivity index (χ0) is 20.9. The van der Waals surface area contributed by atoms with Crippen LogP contribution in [0.3, 0.4) is 0 Å². The van der Waals surface area contributed by atoms with Gasteiger partial charge in [-0.15, -0.1) is 24.0 Å². The first-order valence-electron chi connectivity index (χ1n) is 10.7.